The summed E-state index contributed by atoms with van der Waals surface area (Å²) >= 11 is 0. The van der Waals surface area contributed by atoms with Gasteiger partial charge in [-0.1, -0.05) is 0 Å². The van der Waals surface area contributed by atoms with Crippen molar-refractivity contribution in [2.75, 3.05) is 20.3 Å². The summed E-state index contributed by atoms with van der Waals surface area (Å²) < 4.78 is 7.03. The van der Waals surface area contributed by atoms with Crippen molar-refractivity contribution < 1.29 is 4.74 Å². The van der Waals surface area contributed by atoms with Crippen LogP contribution in [0.25, 0.3) is 0 Å². The van der Waals surface area contributed by atoms with Gasteiger partial charge in [-0.05, 0) is 0 Å². The van der Waals surface area contributed by atoms with Gasteiger partial charge in [0.2, 0.25) is 0 Å². The van der Waals surface area contributed by atoms with Crippen molar-refractivity contribution in [2.45, 2.75) is 12.5 Å². The molecule has 2 rings (SSSR count). The molecule has 0 bridgehead atoms. The van der Waals surface area contributed by atoms with Crippen molar-refractivity contribution in [3.8, 4) is 0 Å². The lowest BCUT2D eigenvalue weighted by Gasteiger charge is -2.20. The highest BCUT2D eigenvalue weighted by Gasteiger charge is 2.22. The molecule has 0 aliphatic carbocycles. The number of methoxy groups -OCH3 is 1. The minimum Gasteiger partial charge on any atom is -0.384 e. The molecule has 0 saturated heterocycles. The lowest BCUT2D eigenvalue weighted by Crippen LogP contribution is -2.30. The minimum atomic E-state index is 0.412. The third kappa shape index (κ3) is 1.59. The molecule has 1 aromatic rings. The minimum absolute atomic E-state index is 0.412. The normalized spacial score (nSPS) is 21.5. The van der Waals surface area contributed by atoms with Crippen molar-refractivity contribution in [3.63, 3.8) is 0 Å². The molecule has 0 saturated carbocycles. The van der Waals surface area contributed by atoms with Crippen LogP contribution in [0.4, 0.5) is 0 Å². The molecule has 72 valence electrons. The number of hydrogen-bond acceptors (Lipinski definition) is 3. The second kappa shape index (κ2) is 3.47. The standard InChI is InChI=1S/C9H15N3O/c1-12-5-7-3-10-4-8(6-13-2)9(7)11-12/h5,8,10H,3-4,6H2,1-2H3/t8-/m0/s1. The molecule has 4 nitrogen and oxygen atoms in total. The van der Waals surface area contributed by atoms with Gasteiger partial charge in [0.05, 0.1) is 12.3 Å². The number of rotatable bonds is 2. The van der Waals surface area contributed by atoms with E-state index in [4.69, 9.17) is 4.74 Å². The maximum Gasteiger partial charge on any atom is 0.0736 e. The number of nitrogens with zero attached hydrogens (tertiary/aromatic N) is 2. The predicted molar refractivity (Wildman–Crippen MR) is 49.5 cm³/mol. The number of aromatic nitrogens is 2. The summed E-state index contributed by atoms with van der Waals surface area (Å²) in [6.07, 6.45) is 2.07. The average Bonchev–Trinajstić information content (AvgIpc) is 2.47. The van der Waals surface area contributed by atoms with E-state index >= 15 is 0 Å². The molecule has 1 aliphatic rings. The van der Waals surface area contributed by atoms with Gasteiger partial charge in [0.15, 0.2) is 0 Å². The monoisotopic (exact) mass is 181 g/mol. The molecule has 0 aromatic carbocycles. The Morgan fingerprint density at radius 2 is 2.62 bits per heavy atom. The van der Waals surface area contributed by atoms with E-state index in [9.17, 15) is 0 Å². The summed E-state index contributed by atoms with van der Waals surface area (Å²) in [7, 11) is 3.69. The molecule has 0 fully saturated rings. The fraction of sp³-hybridized carbons (Fsp3) is 0.667. The largest absolute Gasteiger partial charge is 0.384 e. The molecule has 1 aromatic heterocycles. The molecule has 0 unspecified atom stereocenters. The molecule has 4 heteroatoms. The van der Waals surface area contributed by atoms with E-state index in [0.717, 1.165) is 19.7 Å². The first kappa shape index (κ1) is 8.72. The first-order valence-electron chi connectivity index (χ1n) is 4.53. The van der Waals surface area contributed by atoms with Gasteiger partial charge in [0, 0.05) is 44.9 Å². The molecular weight excluding hydrogens is 166 g/mol. The Hall–Kier alpha value is -0.870. The number of ether oxygens (including phenoxy) is 1. The van der Waals surface area contributed by atoms with E-state index < -0.39 is 0 Å². The van der Waals surface area contributed by atoms with Crippen LogP contribution in [-0.4, -0.2) is 30.0 Å². The molecular formula is C9H15N3O. The summed E-state index contributed by atoms with van der Waals surface area (Å²) in [5.41, 5.74) is 2.50. The topological polar surface area (TPSA) is 39.1 Å². The third-order valence-corrected chi connectivity index (χ3v) is 2.40. The zero-order chi connectivity index (χ0) is 9.26. The number of nitrogens with one attached hydrogen (secondary N) is 1. The van der Waals surface area contributed by atoms with Gasteiger partial charge >= 0.3 is 0 Å². The Labute approximate surface area is 77.9 Å². The molecule has 0 spiro atoms. The Balaban J connectivity index is 2.25. The summed E-state index contributed by atoms with van der Waals surface area (Å²) in [6, 6.07) is 0. The van der Waals surface area contributed by atoms with E-state index in [-0.39, 0.29) is 0 Å². The smallest absolute Gasteiger partial charge is 0.0736 e. The van der Waals surface area contributed by atoms with Gasteiger partial charge in [0.25, 0.3) is 0 Å². The van der Waals surface area contributed by atoms with Crippen LogP contribution in [0.5, 0.6) is 0 Å². The zero-order valence-corrected chi connectivity index (χ0v) is 8.08. The van der Waals surface area contributed by atoms with Gasteiger partial charge in [-0.25, -0.2) is 0 Å². The van der Waals surface area contributed by atoms with Gasteiger partial charge in [-0.3, -0.25) is 4.68 Å². The summed E-state index contributed by atoms with van der Waals surface area (Å²) in [6.45, 7) is 2.65. The molecule has 2 heterocycles. The van der Waals surface area contributed by atoms with Gasteiger partial charge in [0.1, 0.15) is 0 Å². The molecule has 1 N–H and O–H groups in total. The first-order valence-corrected chi connectivity index (χ1v) is 4.53. The molecule has 13 heavy (non-hydrogen) atoms. The highest BCUT2D eigenvalue weighted by atomic mass is 16.5. The van der Waals surface area contributed by atoms with Crippen molar-refractivity contribution in [3.05, 3.63) is 17.5 Å². The van der Waals surface area contributed by atoms with E-state index in [1.165, 1.54) is 11.3 Å². The van der Waals surface area contributed by atoms with Crippen molar-refractivity contribution in [1.82, 2.24) is 15.1 Å². The van der Waals surface area contributed by atoms with Crippen LogP contribution < -0.4 is 5.32 Å². The molecule has 1 aliphatic heterocycles. The van der Waals surface area contributed by atoms with Crippen LogP contribution in [0.1, 0.15) is 17.2 Å². The third-order valence-electron chi connectivity index (χ3n) is 2.40. The fourth-order valence-electron chi connectivity index (χ4n) is 1.85. The van der Waals surface area contributed by atoms with Crippen LogP contribution in [-0.2, 0) is 18.3 Å². The predicted octanol–water partition coefficient (Wildman–Crippen LogP) is 0.253. The van der Waals surface area contributed by atoms with Crippen molar-refractivity contribution in [1.29, 1.82) is 0 Å². The van der Waals surface area contributed by atoms with Crippen molar-refractivity contribution >= 4 is 0 Å². The molecule has 0 radical (unpaired) electrons. The van der Waals surface area contributed by atoms with Crippen LogP contribution in [0.2, 0.25) is 0 Å². The van der Waals surface area contributed by atoms with Gasteiger partial charge in [-0.2, -0.15) is 5.10 Å². The summed E-state index contributed by atoms with van der Waals surface area (Å²) in [5.74, 6) is 0.412. The summed E-state index contributed by atoms with van der Waals surface area (Å²) in [5, 5.41) is 7.80. The summed E-state index contributed by atoms with van der Waals surface area (Å²) in [4.78, 5) is 0. The number of fused-ring (bicyclic) bond motifs is 1. The lowest BCUT2D eigenvalue weighted by atomic mass is 9.99. The van der Waals surface area contributed by atoms with E-state index in [2.05, 4.69) is 16.6 Å². The maximum atomic E-state index is 5.16. The lowest BCUT2D eigenvalue weighted by molar-refractivity contribution is 0.173. The average molecular weight is 181 g/mol. The van der Waals surface area contributed by atoms with Crippen LogP contribution in [0, 0.1) is 0 Å². The SMILES string of the molecule is COC[C@@H]1CNCc2cn(C)nc21. The molecule has 0 amide bonds. The van der Waals surface area contributed by atoms with Gasteiger partial charge < -0.3 is 10.1 Å². The first-order chi connectivity index (χ1) is 6.31. The maximum absolute atomic E-state index is 5.16. The number of hydrogen-bond donors (Lipinski definition) is 1. The van der Waals surface area contributed by atoms with Crippen LogP contribution >= 0.6 is 0 Å². The Morgan fingerprint density at radius 1 is 1.77 bits per heavy atom. The second-order valence-corrected chi connectivity index (χ2v) is 3.50. The van der Waals surface area contributed by atoms with Crippen LogP contribution in [0.3, 0.4) is 0 Å². The van der Waals surface area contributed by atoms with E-state index in [0.29, 0.717) is 5.92 Å². The Bertz CT molecular complexity index is 295. The number of aryl methyl sites for hydroxylation is 1. The Kier molecular flexibility index (Phi) is 2.33. The van der Waals surface area contributed by atoms with E-state index in [1.807, 2.05) is 11.7 Å². The van der Waals surface area contributed by atoms with Gasteiger partial charge in [-0.15, -0.1) is 0 Å². The zero-order valence-electron chi connectivity index (χ0n) is 8.08. The fourth-order valence-corrected chi connectivity index (χ4v) is 1.85. The highest BCUT2D eigenvalue weighted by Crippen LogP contribution is 2.21. The van der Waals surface area contributed by atoms with E-state index in [1.54, 1.807) is 7.11 Å². The highest BCUT2D eigenvalue weighted by molar-refractivity contribution is 5.24. The Morgan fingerprint density at radius 3 is 3.38 bits per heavy atom. The second-order valence-electron chi connectivity index (χ2n) is 3.50. The van der Waals surface area contributed by atoms with Crippen molar-refractivity contribution in [2.24, 2.45) is 7.05 Å². The quantitative estimate of drug-likeness (QED) is 0.711. The van der Waals surface area contributed by atoms with Crippen LogP contribution in [0.15, 0.2) is 6.20 Å². The molecule has 1 atom stereocenters.